The fourth-order valence-corrected chi connectivity index (χ4v) is 4.55. The predicted octanol–water partition coefficient (Wildman–Crippen LogP) is 2.85. The lowest BCUT2D eigenvalue weighted by molar-refractivity contribution is -0.142. The van der Waals surface area contributed by atoms with Gasteiger partial charge in [0, 0.05) is 48.9 Å². The maximum Gasteiger partial charge on any atom is 0.323 e. The third-order valence-corrected chi connectivity index (χ3v) is 5.97. The van der Waals surface area contributed by atoms with Crippen molar-refractivity contribution >= 4 is 17.3 Å². The minimum Gasteiger partial charge on any atom is -0.464 e. The minimum absolute atomic E-state index is 0.00132. The molecule has 0 amide bonds. The summed E-state index contributed by atoms with van der Waals surface area (Å²) in [5.41, 5.74) is 1.29. The van der Waals surface area contributed by atoms with Gasteiger partial charge in [-0.05, 0) is 17.7 Å². The Kier molecular flexibility index (Phi) is 4.65. The summed E-state index contributed by atoms with van der Waals surface area (Å²) in [6, 6.07) is 15.0. The van der Waals surface area contributed by atoms with E-state index in [-0.39, 0.29) is 12.0 Å². The molecule has 0 aliphatic carbocycles. The van der Waals surface area contributed by atoms with E-state index in [0.717, 1.165) is 39.1 Å². The molecule has 2 aromatic rings. The Bertz CT molecular complexity index is 692. The standard InChI is InChI=1S/C19H22N2O2S/c22-19-17(8-13-23-19)21-11-9-20(10-12-21)14-16-6-7-18(24-16)15-4-2-1-3-5-15/h1-7,17H,8-14H2/t17-/m0/s1. The van der Waals surface area contributed by atoms with E-state index in [0.29, 0.717) is 6.61 Å². The number of ether oxygens (including phenoxy) is 1. The monoisotopic (exact) mass is 342 g/mol. The topological polar surface area (TPSA) is 32.8 Å². The normalized spacial score (nSPS) is 22.7. The number of hydrogen-bond donors (Lipinski definition) is 0. The highest BCUT2D eigenvalue weighted by molar-refractivity contribution is 7.15. The van der Waals surface area contributed by atoms with Gasteiger partial charge in [0.2, 0.25) is 0 Å². The van der Waals surface area contributed by atoms with Gasteiger partial charge >= 0.3 is 5.97 Å². The Hall–Kier alpha value is -1.69. The van der Waals surface area contributed by atoms with E-state index in [4.69, 9.17) is 4.74 Å². The number of cyclic esters (lactones) is 1. The zero-order chi connectivity index (χ0) is 16.4. The van der Waals surface area contributed by atoms with E-state index >= 15 is 0 Å². The van der Waals surface area contributed by atoms with E-state index in [2.05, 4.69) is 52.3 Å². The second-order valence-electron chi connectivity index (χ2n) is 6.42. The summed E-state index contributed by atoms with van der Waals surface area (Å²) < 4.78 is 5.09. The third-order valence-electron chi connectivity index (χ3n) is 4.85. The second-order valence-corrected chi connectivity index (χ2v) is 7.58. The lowest BCUT2D eigenvalue weighted by Gasteiger charge is -2.36. The zero-order valence-electron chi connectivity index (χ0n) is 13.7. The third kappa shape index (κ3) is 3.38. The van der Waals surface area contributed by atoms with Crippen LogP contribution in [0.25, 0.3) is 10.4 Å². The fraction of sp³-hybridized carbons (Fsp3) is 0.421. The summed E-state index contributed by atoms with van der Waals surface area (Å²) >= 11 is 1.88. The van der Waals surface area contributed by atoms with Crippen molar-refractivity contribution in [2.45, 2.75) is 19.0 Å². The van der Waals surface area contributed by atoms with Crippen LogP contribution in [0.1, 0.15) is 11.3 Å². The van der Waals surface area contributed by atoms with Crippen LogP contribution in [0.15, 0.2) is 42.5 Å². The lowest BCUT2D eigenvalue weighted by Crippen LogP contribution is -2.51. The summed E-state index contributed by atoms with van der Waals surface area (Å²) in [5, 5.41) is 0. The summed E-state index contributed by atoms with van der Waals surface area (Å²) in [6.45, 7) is 5.53. The Labute approximate surface area is 146 Å². The number of piperazine rings is 1. The van der Waals surface area contributed by atoms with Gasteiger partial charge in [0.25, 0.3) is 0 Å². The number of carbonyl (C=O) groups is 1. The maximum absolute atomic E-state index is 11.7. The van der Waals surface area contributed by atoms with Crippen LogP contribution in [0.3, 0.4) is 0 Å². The van der Waals surface area contributed by atoms with Gasteiger partial charge in [-0.3, -0.25) is 14.6 Å². The second kappa shape index (κ2) is 7.05. The van der Waals surface area contributed by atoms with E-state index in [1.165, 1.54) is 15.3 Å². The Morgan fingerprint density at radius 3 is 2.54 bits per heavy atom. The number of rotatable bonds is 4. The Morgan fingerprint density at radius 2 is 1.83 bits per heavy atom. The summed E-state index contributed by atoms with van der Waals surface area (Å²) in [4.78, 5) is 19.2. The molecule has 1 atom stereocenters. The van der Waals surface area contributed by atoms with Gasteiger partial charge in [0.05, 0.1) is 6.61 Å². The molecule has 2 fully saturated rings. The molecule has 4 rings (SSSR count). The van der Waals surface area contributed by atoms with Crippen LogP contribution in [0.2, 0.25) is 0 Å². The SMILES string of the molecule is O=C1OCC[C@@H]1N1CCN(Cc2ccc(-c3ccccc3)s2)CC1. The van der Waals surface area contributed by atoms with Gasteiger partial charge in [-0.25, -0.2) is 0 Å². The predicted molar refractivity (Wildman–Crippen MR) is 96.0 cm³/mol. The number of esters is 1. The molecule has 24 heavy (non-hydrogen) atoms. The molecule has 2 saturated heterocycles. The summed E-state index contributed by atoms with van der Waals surface area (Å²) in [7, 11) is 0. The molecular formula is C19H22N2O2S. The molecule has 126 valence electrons. The molecule has 1 aromatic heterocycles. The highest BCUT2D eigenvalue weighted by Crippen LogP contribution is 2.29. The first-order valence-corrected chi connectivity index (χ1v) is 9.38. The molecule has 0 unspecified atom stereocenters. The van der Waals surface area contributed by atoms with Crippen molar-refractivity contribution in [3.63, 3.8) is 0 Å². The quantitative estimate of drug-likeness (QED) is 0.800. The molecule has 4 nitrogen and oxygen atoms in total. The van der Waals surface area contributed by atoms with E-state index < -0.39 is 0 Å². The molecule has 0 bridgehead atoms. The first-order chi connectivity index (χ1) is 11.8. The molecule has 0 spiro atoms. The van der Waals surface area contributed by atoms with E-state index in [1.807, 2.05) is 11.3 Å². The molecule has 0 radical (unpaired) electrons. The van der Waals surface area contributed by atoms with Crippen molar-refractivity contribution < 1.29 is 9.53 Å². The van der Waals surface area contributed by atoms with Gasteiger partial charge in [-0.15, -0.1) is 11.3 Å². The van der Waals surface area contributed by atoms with Crippen molar-refractivity contribution in [1.82, 2.24) is 9.80 Å². The van der Waals surface area contributed by atoms with E-state index in [9.17, 15) is 4.79 Å². The van der Waals surface area contributed by atoms with Crippen molar-refractivity contribution in [2.24, 2.45) is 0 Å². The largest absolute Gasteiger partial charge is 0.464 e. The Morgan fingerprint density at radius 1 is 1.04 bits per heavy atom. The van der Waals surface area contributed by atoms with Gasteiger partial charge < -0.3 is 4.74 Å². The summed E-state index contributed by atoms with van der Waals surface area (Å²) in [5.74, 6) is -0.0331. The molecule has 2 aliphatic heterocycles. The fourth-order valence-electron chi connectivity index (χ4n) is 3.49. The average Bonchev–Trinajstić information content (AvgIpc) is 3.26. The smallest absolute Gasteiger partial charge is 0.323 e. The summed E-state index contributed by atoms with van der Waals surface area (Å²) in [6.07, 6.45) is 0.851. The van der Waals surface area contributed by atoms with Crippen LogP contribution in [0.5, 0.6) is 0 Å². The van der Waals surface area contributed by atoms with E-state index in [1.54, 1.807) is 0 Å². The first kappa shape index (κ1) is 15.8. The van der Waals surface area contributed by atoms with Gasteiger partial charge in [0.15, 0.2) is 0 Å². The van der Waals surface area contributed by atoms with Crippen LogP contribution < -0.4 is 0 Å². The van der Waals surface area contributed by atoms with Crippen LogP contribution in [0, 0.1) is 0 Å². The number of thiophene rings is 1. The lowest BCUT2D eigenvalue weighted by atomic mass is 10.2. The number of carbonyl (C=O) groups excluding carboxylic acids is 1. The molecule has 3 heterocycles. The maximum atomic E-state index is 11.7. The Balaban J connectivity index is 1.33. The number of hydrogen-bond acceptors (Lipinski definition) is 5. The molecule has 2 aliphatic rings. The highest BCUT2D eigenvalue weighted by Gasteiger charge is 2.33. The molecule has 1 aromatic carbocycles. The van der Waals surface area contributed by atoms with Crippen molar-refractivity contribution in [1.29, 1.82) is 0 Å². The number of benzene rings is 1. The van der Waals surface area contributed by atoms with Crippen molar-refractivity contribution in [2.75, 3.05) is 32.8 Å². The van der Waals surface area contributed by atoms with Gasteiger partial charge in [-0.1, -0.05) is 30.3 Å². The number of nitrogens with zero attached hydrogens (tertiary/aromatic N) is 2. The highest BCUT2D eigenvalue weighted by atomic mass is 32.1. The average molecular weight is 342 g/mol. The molecule has 5 heteroatoms. The van der Waals surface area contributed by atoms with Crippen molar-refractivity contribution in [3.05, 3.63) is 47.3 Å². The zero-order valence-corrected chi connectivity index (χ0v) is 14.5. The van der Waals surface area contributed by atoms with Gasteiger partial charge in [-0.2, -0.15) is 0 Å². The molecule has 0 N–H and O–H groups in total. The van der Waals surface area contributed by atoms with Crippen molar-refractivity contribution in [3.8, 4) is 10.4 Å². The first-order valence-electron chi connectivity index (χ1n) is 8.57. The molecular weight excluding hydrogens is 320 g/mol. The minimum atomic E-state index is -0.0331. The molecule has 0 saturated carbocycles. The van der Waals surface area contributed by atoms with Crippen LogP contribution >= 0.6 is 11.3 Å². The van der Waals surface area contributed by atoms with Crippen LogP contribution in [0.4, 0.5) is 0 Å². The van der Waals surface area contributed by atoms with Gasteiger partial charge in [0.1, 0.15) is 6.04 Å². The van der Waals surface area contributed by atoms with Crippen LogP contribution in [-0.2, 0) is 16.1 Å². The van der Waals surface area contributed by atoms with Crippen LogP contribution in [-0.4, -0.2) is 54.6 Å².